The lowest BCUT2D eigenvalue weighted by Gasteiger charge is -2.40. The number of thiophene rings is 1. The second-order valence-electron chi connectivity index (χ2n) is 5.77. The zero-order valence-electron chi connectivity index (χ0n) is 12.9. The van der Waals surface area contributed by atoms with Gasteiger partial charge in [-0.15, -0.1) is 11.3 Å². The fourth-order valence-corrected chi connectivity index (χ4v) is 5.64. The van der Waals surface area contributed by atoms with E-state index >= 15 is 0 Å². The number of morpholine rings is 1. The summed E-state index contributed by atoms with van der Waals surface area (Å²) in [6.07, 6.45) is 0.862. The molecule has 1 saturated heterocycles. The van der Waals surface area contributed by atoms with Gasteiger partial charge in [0.05, 0.1) is 18.8 Å². The van der Waals surface area contributed by atoms with E-state index in [-0.39, 0.29) is 0 Å². The minimum absolute atomic E-state index is 0.417. The van der Waals surface area contributed by atoms with Crippen molar-refractivity contribution in [2.45, 2.75) is 36.9 Å². The molecule has 1 N–H and O–H groups in total. The van der Waals surface area contributed by atoms with Crippen LogP contribution in [0.2, 0.25) is 0 Å². The molecule has 5 nitrogen and oxygen atoms in total. The molecule has 1 aromatic rings. The molecule has 0 atom stereocenters. The van der Waals surface area contributed by atoms with Gasteiger partial charge in [-0.2, -0.15) is 4.31 Å². The van der Waals surface area contributed by atoms with Gasteiger partial charge in [0.15, 0.2) is 0 Å². The number of ether oxygens (including phenoxy) is 1. The molecule has 1 aromatic heterocycles. The van der Waals surface area contributed by atoms with E-state index in [0.717, 1.165) is 24.4 Å². The number of sulfonamides is 1. The highest BCUT2D eigenvalue weighted by molar-refractivity contribution is 7.91. The molecule has 2 rings (SSSR count). The molecule has 0 saturated carbocycles. The molecule has 2 heterocycles. The SMILES string of the molecule is CCNCCc1ccc(S(=O)(=O)N2CCOCC2(C)C)s1. The van der Waals surface area contributed by atoms with E-state index in [9.17, 15) is 8.42 Å². The summed E-state index contributed by atoms with van der Waals surface area (Å²) in [5, 5.41) is 3.25. The summed E-state index contributed by atoms with van der Waals surface area (Å²) in [6, 6.07) is 3.65. The summed E-state index contributed by atoms with van der Waals surface area (Å²) in [5.41, 5.74) is -0.495. The third-order valence-corrected chi connectivity index (χ3v) is 7.27. The summed E-state index contributed by atoms with van der Waals surface area (Å²) in [4.78, 5) is 1.10. The molecule has 0 aliphatic carbocycles. The first-order valence-corrected chi connectivity index (χ1v) is 9.53. The molecule has 7 heteroatoms. The third kappa shape index (κ3) is 3.84. The van der Waals surface area contributed by atoms with Gasteiger partial charge in [0.1, 0.15) is 4.21 Å². The van der Waals surface area contributed by atoms with E-state index < -0.39 is 15.6 Å². The van der Waals surface area contributed by atoms with Crippen LogP contribution in [0.25, 0.3) is 0 Å². The summed E-state index contributed by atoms with van der Waals surface area (Å²) < 4.78 is 33.0. The van der Waals surface area contributed by atoms with Gasteiger partial charge in [0.2, 0.25) is 0 Å². The van der Waals surface area contributed by atoms with Crippen molar-refractivity contribution in [3.8, 4) is 0 Å². The van der Waals surface area contributed by atoms with Crippen LogP contribution in [0.5, 0.6) is 0 Å². The second-order valence-corrected chi connectivity index (χ2v) is 9.02. The van der Waals surface area contributed by atoms with Gasteiger partial charge in [-0.25, -0.2) is 8.42 Å². The Morgan fingerprint density at radius 3 is 2.86 bits per heavy atom. The Morgan fingerprint density at radius 2 is 2.19 bits per heavy atom. The maximum Gasteiger partial charge on any atom is 0.253 e. The van der Waals surface area contributed by atoms with Crippen LogP contribution < -0.4 is 5.32 Å². The first-order valence-electron chi connectivity index (χ1n) is 7.28. The standard InChI is InChI=1S/C14H24N2O3S2/c1-4-15-8-7-12-5-6-13(20-12)21(17,18)16-9-10-19-11-14(16,2)3/h5-6,15H,4,7-11H2,1-3H3. The molecule has 1 aliphatic rings. The number of rotatable bonds is 6. The normalized spacial score (nSPS) is 19.8. The zero-order chi connectivity index (χ0) is 15.5. The largest absolute Gasteiger partial charge is 0.378 e. The first kappa shape index (κ1) is 16.9. The Morgan fingerprint density at radius 1 is 1.43 bits per heavy atom. The number of likely N-dealkylation sites (N-methyl/N-ethyl adjacent to an activating group) is 1. The highest BCUT2D eigenvalue weighted by atomic mass is 32.2. The predicted octanol–water partition coefficient (Wildman–Crippen LogP) is 1.70. The molecule has 120 valence electrons. The van der Waals surface area contributed by atoms with E-state index in [1.54, 1.807) is 10.4 Å². The lowest BCUT2D eigenvalue weighted by Crippen LogP contribution is -2.55. The van der Waals surface area contributed by atoms with E-state index in [1.165, 1.54) is 11.3 Å². The number of hydrogen-bond acceptors (Lipinski definition) is 5. The van der Waals surface area contributed by atoms with Crippen molar-refractivity contribution in [3.05, 3.63) is 17.0 Å². The average molecular weight is 332 g/mol. The van der Waals surface area contributed by atoms with Crippen LogP contribution in [-0.4, -0.2) is 51.1 Å². The average Bonchev–Trinajstić information content (AvgIpc) is 2.88. The second kappa shape index (κ2) is 6.75. The van der Waals surface area contributed by atoms with E-state index in [2.05, 4.69) is 12.2 Å². The van der Waals surface area contributed by atoms with Crippen LogP contribution in [-0.2, 0) is 21.2 Å². The number of nitrogens with one attached hydrogen (secondary N) is 1. The molecule has 0 radical (unpaired) electrons. The Hall–Kier alpha value is -0.470. The molecule has 0 unspecified atom stereocenters. The Balaban J connectivity index is 2.15. The number of nitrogens with zero attached hydrogens (tertiary/aromatic N) is 1. The minimum atomic E-state index is -3.43. The third-order valence-electron chi connectivity index (χ3n) is 3.55. The zero-order valence-corrected chi connectivity index (χ0v) is 14.5. The summed E-state index contributed by atoms with van der Waals surface area (Å²) >= 11 is 1.37. The van der Waals surface area contributed by atoms with E-state index in [0.29, 0.717) is 24.0 Å². The van der Waals surface area contributed by atoms with Gasteiger partial charge in [0.25, 0.3) is 10.0 Å². The van der Waals surface area contributed by atoms with Crippen LogP contribution in [0, 0.1) is 0 Å². The Bertz CT molecular complexity index is 567. The molecule has 0 spiro atoms. The molecular formula is C14H24N2O3S2. The molecule has 1 fully saturated rings. The molecule has 0 amide bonds. The Kier molecular flexibility index (Phi) is 5.43. The van der Waals surface area contributed by atoms with Crippen LogP contribution in [0.1, 0.15) is 25.6 Å². The predicted molar refractivity (Wildman–Crippen MR) is 85.4 cm³/mol. The highest BCUT2D eigenvalue weighted by Crippen LogP contribution is 2.31. The van der Waals surface area contributed by atoms with Crippen LogP contribution in [0.3, 0.4) is 0 Å². The fourth-order valence-electron chi connectivity index (χ4n) is 2.42. The van der Waals surface area contributed by atoms with Gasteiger partial charge < -0.3 is 10.1 Å². The first-order chi connectivity index (χ1) is 9.88. The Labute approximate surface area is 131 Å². The molecule has 0 bridgehead atoms. The van der Waals surface area contributed by atoms with Crippen LogP contribution in [0.4, 0.5) is 0 Å². The topological polar surface area (TPSA) is 58.6 Å². The van der Waals surface area contributed by atoms with Crippen molar-refractivity contribution in [1.29, 1.82) is 0 Å². The van der Waals surface area contributed by atoms with E-state index in [4.69, 9.17) is 4.74 Å². The van der Waals surface area contributed by atoms with Crippen molar-refractivity contribution in [2.75, 3.05) is 32.8 Å². The van der Waals surface area contributed by atoms with Gasteiger partial charge in [-0.05, 0) is 45.5 Å². The quantitative estimate of drug-likeness (QED) is 0.806. The molecule has 1 aliphatic heterocycles. The van der Waals surface area contributed by atoms with Gasteiger partial charge in [-0.3, -0.25) is 0 Å². The molecule has 0 aromatic carbocycles. The van der Waals surface area contributed by atoms with Crippen molar-refractivity contribution < 1.29 is 13.2 Å². The van der Waals surface area contributed by atoms with Crippen molar-refractivity contribution in [3.63, 3.8) is 0 Å². The minimum Gasteiger partial charge on any atom is -0.378 e. The monoisotopic (exact) mass is 332 g/mol. The van der Waals surface area contributed by atoms with Crippen molar-refractivity contribution >= 4 is 21.4 Å². The maximum atomic E-state index is 12.8. The maximum absolute atomic E-state index is 12.8. The summed E-state index contributed by atoms with van der Waals surface area (Å²) in [7, 11) is -3.43. The highest BCUT2D eigenvalue weighted by Gasteiger charge is 2.40. The van der Waals surface area contributed by atoms with Gasteiger partial charge in [0, 0.05) is 11.4 Å². The fraction of sp³-hybridized carbons (Fsp3) is 0.714. The number of hydrogen-bond donors (Lipinski definition) is 1. The van der Waals surface area contributed by atoms with E-state index in [1.807, 2.05) is 19.9 Å². The summed E-state index contributed by atoms with van der Waals surface area (Å²) in [5.74, 6) is 0. The van der Waals surface area contributed by atoms with Crippen molar-refractivity contribution in [2.24, 2.45) is 0 Å². The lowest BCUT2D eigenvalue weighted by molar-refractivity contribution is -0.00761. The summed E-state index contributed by atoms with van der Waals surface area (Å²) in [6.45, 7) is 8.99. The van der Waals surface area contributed by atoms with Crippen LogP contribution in [0.15, 0.2) is 16.3 Å². The molecular weight excluding hydrogens is 308 g/mol. The lowest BCUT2D eigenvalue weighted by atomic mass is 10.1. The van der Waals surface area contributed by atoms with Gasteiger partial charge in [-0.1, -0.05) is 6.92 Å². The van der Waals surface area contributed by atoms with Crippen LogP contribution >= 0.6 is 11.3 Å². The smallest absolute Gasteiger partial charge is 0.253 e. The van der Waals surface area contributed by atoms with Gasteiger partial charge >= 0.3 is 0 Å². The molecule has 21 heavy (non-hydrogen) atoms. The van der Waals surface area contributed by atoms with Crippen molar-refractivity contribution in [1.82, 2.24) is 9.62 Å².